The topological polar surface area (TPSA) is 120 Å². The number of anilines is 2. The molecule has 0 aliphatic carbocycles. The molecule has 0 aliphatic rings. The highest BCUT2D eigenvalue weighted by Crippen LogP contribution is 2.15. The number of hydrogen-bond acceptors (Lipinski definition) is 5. The minimum atomic E-state index is -0.493. The number of H-pyrrole nitrogens is 1. The van der Waals surface area contributed by atoms with E-state index in [0.717, 1.165) is 31.1 Å². The van der Waals surface area contributed by atoms with E-state index < -0.39 is 5.91 Å². The molecule has 0 saturated carbocycles. The number of nitrogens with zero attached hydrogens (tertiary/aromatic N) is 1. The number of aromatic amines is 1. The number of rotatable bonds is 8. The summed E-state index contributed by atoms with van der Waals surface area (Å²) in [6.45, 7) is 1.52. The van der Waals surface area contributed by atoms with Gasteiger partial charge in [-0.3, -0.25) is 4.79 Å². The molecule has 1 aromatic carbocycles. The van der Waals surface area contributed by atoms with Crippen molar-refractivity contribution in [2.75, 3.05) is 23.7 Å². The Hall–Kier alpha value is -2.83. The SMILES string of the molecule is N=Cc1cc(C(N)=O)ccc1NCCCNc1ncc[nH]1. The lowest BCUT2D eigenvalue weighted by Crippen LogP contribution is -2.13. The van der Waals surface area contributed by atoms with Crippen LogP contribution in [0.5, 0.6) is 0 Å². The van der Waals surface area contributed by atoms with Crippen LogP contribution in [-0.2, 0) is 0 Å². The van der Waals surface area contributed by atoms with Crippen molar-refractivity contribution in [3.05, 3.63) is 41.7 Å². The number of benzene rings is 1. The molecule has 0 bridgehead atoms. The molecule has 6 N–H and O–H groups in total. The van der Waals surface area contributed by atoms with Crippen LogP contribution in [0.2, 0.25) is 0 Å². The standard InChI is InChI=1S/C14H18N6O/c15-9-11-8-10(13(16)21)2-3-12(11)17-4-1-5-18-14-19-6-7-20-14/h2-3,6-9,15,17H,1,4-5H2,(H2,16,21)(H2,18,19,20). The fourth-order valence-corrected chi connectivity index (χ4v) is 1.88. The summed E-state index contributed by atoms with van der Waals surface area (Å²) in [5, 5.41) is 13.8. The van der Waals surface area contributed by atoms with Gasteiger partial charge in [0, 0.05) is 48.5 Å². The first-order valence-electron chi connectivity index (χ1n) is 6.62. The molecule has 0 spiro atoms. The van der Waals surface area contributed by atoms with E-state index in [4.69, 9.17) is 11.1 Å². The van der Waals surface area contributed by atoms with Gasteiger partial charge in [-0.25, -0.2) is 4.98 Å². The number of amides is 1. The maximum absolute atomic E-state index is 11.1. The normalized spacial score (nSPS) is 10.1. The van der Waals surface area contributed by atoms with Gasteiger partial charge < -0.3 is 26.8 Å². The summed E-state index contributed by atoms with van der Waals surface area (Å²) in [4.78, 5) is 18.1. The van der Waals surface area contributed by atoms with Gasteiger partial charge in [-0.05, 0) is 24.6 Å². The fraction of sp³-hybridized carbons (Fsp3) is 0.214. The van der Waals surface area contributed by atoms with Crippen LogP contribution in [0.3, 0.4) is 0 Å². The van der Waals surface area contributed by atoms with E-state index in [1.807, 2.05) is 0 Å². The summed E-state index contributed by atoms with van der Waals surface area (Å²) in [5.74, 6) is 0.258. The zero-order chi connectivity index (χ0) is 15.1. The van der Waals surface area contributed by atoms with Crippen LogP contribution >= 0.6 is 0 Å². The second-order valence-electron chi connectivity index (χ2n) is 4.46. The van der Waals surface area contributed by atoms with Crippen LogP contribution in [0.4, 0.5) is 11.6 Å². The molecule has 0 fully saturated rings. The molecule has 21 heavy (non-hydrogen) atoms. The van der Waals surface area contributed by atoms with Gasteiger partial charge in [0.25, 0.3) is 0 Å². The first-order valence-corrected chi connectivity index (χ1v) is 6.62. The molecule has 7 heteroatoms. The van der Waals surface area contributed by atoms with Crippen molar-refractivity contribution in [2.24, 2.45) is 5.73 Å². The molecule has 2 rings (SSSR count). The third kappa shape index (κ3) is 4.07. The average molecular weight is 286 g/mol. The summed E-state index contributed by atoms with van der Waals surface area (Å²) in [6, 6.07) is 5.03. The van der Waals surface area contributed by atoms with Crippen molar-refractivity contribution in [3.63, 3.8) is 0 Å². The molecule has 0 unspecified atom stereocenters. The van der Waals surface area contributed by atoms with Gasteiger partial charge in [0.15, 0.2) is 5.95 Å². The summed E-state index contributed by atoms with van der Waals surface area (Å²) in [7, 11) is 0. The Balaban J connectivity index is 1.82. The smallest absolute Gasteiger partial charge is 0.248 e. The van der Waals surface area contributed by atoms with Crippen LogP contribution < -0.4 is 16.4 Å². The molecule has 7 nitrogen and oxygen atoms in total. The first kappa shape index (κ1) is 14.6. The van der Waals surface area contributed by atoms with Crippen molar-refractivity contribution in [3.8, 4) is 0 Å². The van der Waals surface area contributed by atoms with Crippen molar-refractivity contribution in [2.45, 2.75) is 6.42 Å². The van der Waals surface area contributed by atoms with E-state index in [9.17, 15) is 4.79 Å². The number of nitrogens with two attached hydrogens (primary N) is 1. The zero-order valence-corrected chi connectivity index (χ0v) is 11.5. The number of imidazole rings is 1. The first-order chi connectivity index (χ1) is 10.2. The molecule has 2 aromatic rings. The van der Waals surface area contributed by atoms with E-state index >= 15 is 0 Å². The zero-order valence-electron chi connectivity index (χ0n) is 11.5. The minimum Gasteiger partial charge on any atom is -0.384 e. The highest BCUT2D eigenvalue weighted by molar-refractivity contribution is 5.96. The molecule has 110 valence electrons. The van der Waals surface area contributed by atoms with Crippen LogP contribution in [-0.4, -0.2) is 35.2 Å². The summed E-state index contributed by atoms with van der Waals surface area (Å²) in [5.41, 5.74) is 7.08. The maximum Gasteiger partial charge on any atom is 0.248 e. The van der Waals surface area contributed by atoms with E-state index in [2.05, 4.69) is 20.6 Å². The van der Waals surface area contributed by atoms with Crippen molar-refractivity contribution in [1.82, 2.24) is 9.97 Å². The molecular weight excluding hydrogens is 268 g/mol. The number of nitrogens with one attached hydrogen (secondary N) is 4. The Bertz CT molecular complexity index is 608. The molecule has 0 atom stereocenters. The molecule has 0 radical (unpaired) electrons. The minimum absolute atomic E-state index is 0.401. The monoisotopic (exact) mass is 286 g/mol. The van der Waals surface area contributed by atoms with Crippen LogP contribution in [0.15, 0.2) is 30.6 Å². The van der Waals surface area contributed by atoms with E-state index in [-0.39, 0.29) is 0 Å². The Morgan fingerprint density at radius 2 is 2.19 bits per heavy atom. The molecule has 1 amide bonds. The number of aromatic nitrogens is 2. The lowest BCUT2D eigenvalue weighted by atomic mass is 10.1. The number of carbonyl (C=O) groups excluding carboxylic acids is 1. The quantitative estimate of drug-likeness (QED) is 0.372. The van der Waals surface area contributed by atoms with Gasteiger partial charge >= 0.3 is 0 Å². The lowest BCUT2D eigenvalue weighted by molar-refractivity contribution is 0.100. The fourth-order valence-electron chi connectivity index (χ4n) is 1.88. The van der Waals surface area contributed by atoms with Crippen molar-refractivity contribution in [1.29, 1.82) is 5.41 Å². The highest BCUT2D eigenvalue weighted by atomic mass is 16.1. The number of hydrogen-bond donors (Lipinski definition) is 5. The Labute approximate surface area is 122 Å². The van der Waals surface area contributed by atoms with Gasteiger partial charge in [-0.1, -0.05) is 0 Å². The van der Waals surface area contributed by atoms with Gasteiger partial charge in [0.2, 0.25) is 5.91 Å². The average Bonchev–Trinajstić information content (AvgIpc) is 3.00. The van der Waals surface area contributed by atoms with Gasteiger partial charge in [0.05, 0.1) is 0 Å². The summed E-state index contributed by atoms with van der Waals surface area (Å²) in [6.07, 6.45) is 5.54. The lowest BCUT2D eigenvalue weighted by Gasteiger charge is -2.10. The van der Waals surface area contributed by atoms with Crippen molar-refractivity contribution >= 4 is 23.8 Å². The Morgan fingerprint density at radius 3 is 2.86 bits per heavy atom. The Morgan fingerprint density at radius 1 is 1.38 bits per heavy atom. The van der Waals surface area contributed by atoms with E-state index in [0.29, 0.717) is 11.1 Å². The third-order valence-electron chi connectivity index (χ3n) is 2.95. The molecule has 0 saturated heterocycles. The van der Waals surface area contributed by atoms with Gasteiger partial charge in [0.1, 0.15) is 0 Å². The molecule has 1 heterocycles. The second-order valence-corrected chi connectivity index (χ2v) is 4.46. The van der Waals surface area contributed by atoms with Crippen molar-refractivity contribution < 1.29 is 4.79 Å². The predicted octanol–water partition coefficient (Wildman–Crippen LogP) is 1.42. The van der Waals surface area contributed by atoms with Gasteiger partial charge in [-0.15, -0.1) is 0 Å². The van der Waals surface area contributed by atoms with Gasteiger partial charge in [-0.2, -0.15) is 0 Å². The summed E-state index contributed by atoms with van der Waals surface area (Å²) < 4.78 is 0. The second kappa shape index (κ2) is 7.09. The van der Waals surface area contributed by atoms with Crippen LogP contribution in [0.1, 0.15) is 22.3 Å². The molecule has 0 aliphatic heterocycles. The predicted molar refractivity (Wildman–Crippen MR) is 83.0 cm³/mol. The largest absolute Gasteiger partial charge is 0.384 e. The number of primary amides is 1. The Kier molecular flexibility index (Phi) is 4.92. The van der Waals surface area contributed by atoms with Crippen LogP contribution in [0.25, 0.3) is 0 Å². The molecular formula is C14H18N6O. The van der Waals surface area contributed by atoms with Crippen LogP contribution in [0, 0.1) is 5.41 Å². The maximum atomic E-state index is 11.1. The van der Waals surface area contributed by atoms with E-state index in [1.54, 1.807) is 30.6 Å². The van der Waals surface area contributed by atoms with E-state index in [1.165, 1.54) is 6.21 Å². The summed E-state index contributed by atoms with van der Waals surface area (Å²) >= 11 is 0. The molecule has 1 aromatic heterocycles. The highest BCUT2D eigenvalue weighted by Gasteiger charge is 2.05. The number of carbonyl (C=O) groups is 1. The third-order valence-corrected chi connectivity index (χ3v) is 2.95.